The summed E-state index contributed by atoms with van der Waals surface area (Å²) in [6, 6.07) is 30.3. The lowest BCUT2D eigenvalue weighted by molar-refractivity contribution is -0.938. The monoisotopic (exact) mass is 758 g/mol. The summed E-state index contributed by atoms with van der Waals surface area (Å²) in [5.74, 6) is -0.141. The summed E-state index contributed by atoms with van der Waals surface area (Å²) in [6.45, 7) is 0.746. The number of likely N-dealkylation sites (N-methyl/N-ethyl adjacent to an activating group) is 1. The smallest absolute Gasteiger partial charge is 0.411 e. The summed E-state index contributed by atoms with van der Waals surface area (Å²) in [7, 11) is 4.51. The molecular weight excluding hydrogens is 711 g/mol. The molecule has 3 aliphatic rings. The van der Waals surface area contributed by atoms with Crippen LogP contribution < -0.4 is 21.5 Å². The van der Waals surface area contributed by atoms with Crippen LogP contribution in [-0.4, -0.2) is 82.7 Å². The number of aliphatic hydroxyl groups excluding tert-OH is 1. The molecule has 2 bridgehead atoms. The van der Waals surface area contributed by atoms with Gasteiger partial charge in [-0.05, 0) is 65.4 Å². The molecular formula is C44H48N5O7+. The molecule has 4 aromatic carbocycles. The molecule has 2 amide bonds. The summed E-state index contributed by atoms with van der Waals surface area (Å²) in [5.41, 5.74) is 5.81. The molecule has 0 spiro atoms. The molecule has 5 aromatic rings. The van der Waals surface area contributed by atoms with Crippen LogP contribution in [0.2, 0.25) is 0 Å². The Bertz CT molecular complexity index is 2270. The highest BCUT2D eigenvalue weighted by Gasteiger charge is 2.70. The molecule has 3 saturated heterocycles. The van der Waals surface area contributed by atoms with Crippen molar-refractivity contribution in [1.29, 1.82) is 0 Å². The van der Waals surface area contributed by atoms with Crippen LogP contribution in [0.15, 0.2) is 102 Å². The fourth-order valence-electron chi connectivity index (χ4n) is 8.71. The van der Waals surface area contributed by atoms with Gasteiger partial charge in [-0.25, -0.2) is 4.79 Å². The molecule has 56 heavy (non-hydrogen) atoms. The first-order chi connectivity index (χ1) is 27.0. The predicted octanol–water partition coefficient (Wildman–Crippen LogP) is 5.99. The highest BCUT2D eigenvalue weighted by atomic mass is 16.6. The summed E-state index contributed by atoms with van der Waals surface area (Å²) >= 11 is 0. The number of aryl methyl sites for hydroxylation is 1. The van der Waals surface area contributed by atoms with Gasteiger partial charge >= 0.3 is 6.09 Å². The number of piperidine rings is 1. The minimum absolute atomic E-state index is 0.0538. The molecule has 4 heterocycles. The number of H-pyrrole nitrogens is 1. The Labute approximate surface area is 325 Å². The van der Waals surface area contributed by atoms with Gasteiger partial charge in [0, 0.05) is 55.1 Å². The Balaban J connectivity index is 0.816. The number of fused-ring (bicyclic) bond motifs is 6. The van der Waals surface area contributed by atoms with E-state index >= 15 is 0 Å². The number of aromatic nitrogens is 1. The van der Waals surface area contributed by atoms with Gasteiger partial charge in [-0.2, -0.15) is 0 Å². The first-order valence-electron chi connectivity index (χ1n) is 19.3. The SMILES string of the molecule is C[N+]1(C)[C@@H]2CC(OC(=O)Nc3cc(CCCC(=O)Nc4ccc(CNC[C@H](O)c5ccc(O)c6[nH]c(=O)ccc56)cc4)ccc3-c3ccccc3)C[C@H]1[C@@H]1O[C@@H]12. The fraction of sp³-hybridized carbons (Fsp3) is 0.341. The Kier molecular flexibility index (Phi) is 10.4. The van der Waals surface area contributed by atoms with E-state index < -0.39 is 12.2 Å². The third-order valence-electron chi connectivity index (χ3n) is 11.8. The molecule has 3 fully saturated rings. The van der Waals surface area contributed by atoms with Gasteiger partial charge in [-0.1, -0.05) is 60.7 Å². The lowest BCUT2D eigenvalue weighted by Crippen LogP contribution is -2.60. The number of ether oxygens (including phenoxy) is 2. The van der Waals surface area contributed by atoms with E-state index in [1.807, 2.05) is 72.8 Å². The number of aromatic hydroxyl groups is 1. The van der Waals surface area contributed by atoms with Crippen molar-refractivity contribution in [3.05, 3.63) is 124 Å². The number of phenolic OH excluding ortho intramolecular Hbond substituents is 1. The normalized spacial score (nSPS) is 22.2. The molecule has 3 aliphatic heterocycles. The fourth-order valence-corrected chi connectivity index (χ4v) is 8.71. The second-order valence-electron chi connectivity index (χ2n) is 15.7. The largest absolute Gasteiger partial charge is 0.506 e. The number of phenols is 1. The zero-order valence-electron chi connectivity index (χ0n) is 31.5. The van der Waals surface area contributed by atoms with Crippen molar-refractivity contribution in [2.24, 2.45) is 0 Å². The maximum Gasteiger partial charge on any atom is 0.411 e. The first kappa shape index (κ1) is 37.4. The average Bonchev–Trinajstić information content (AvgIpc) is 3.95. The molecule has 0 radical (unpaired) electrons. The number of quaternary nitrogens is 1. The lowest BCUT2D eigenvalue weighted by atomic mass is 9.96. The third-order valence-corrected chi connectivity index (χ3v) is 11.8. The number of nitrogens with zero attached hydrogens (tertiary/aromatic N) is 1. The van der Waals surface area contributed by atoms with E-state index in [4.69, 9.17) is 9.47 Å². The number of epoxide rings is 1. The van der Waals surface area contributed by atoms with E-state index in [9.17, 15) is 24.6 Å². The number of carbonyl (C=O) groups is 2. The second kappa shape index (κ2) is 15.5. The van der Waals surface area contributed by atoms with Crippen molar-refractivity contribution >= 4 is 34.3 Å². The minimum Gasteiger partial charge on any atom is -0.506 e. The number of anilines is 2. The number of amides is 2. The number of morpholine rings is 1. The molecule has 12 heteroatoms. The van der Waals surface area contributed by atoms with Crippen LogP contribution in [0.4, 0.5) is 16.2 Å². The predicted molar refractivity (Wildman–Crippen MR) is 214 cm³/mol. The number of carbonyl (C=O) groups excluding carboxylic acids is 2. The van der Waals surface area contributed by atoms with E-state index in [0.29, 0.717) is 65.7 Å². The topological polar surface area (TPSA) is 165 Å². The van der Waals surface area contributed by atoms with Crippen LogP contribution in [0.5, 0.6) is 5.75 Å². The zero-order valence-corrected chi connectivity index (χ0v) is 31.5. The Morgan fingerprint density at radius 2 is 1.64 bits per heavy atom. The van der Waals surface area contributed by atoms with Crippen LogP contribution in [0, 0.1) is 0 Å². The number of nitrogens with one attached hydrogen (secondary N) is 4. The van der Waals surface area contributed by atoms with Gasteiger partial charge in [0.1, 0.15) is 36.1 Å². The third kappa shape index (κ3) is 7.92. The van der Waals surface area contributed by atoms with Gasteiger partial charge in [-0.15, -0.1) is 0 Å². The quantitative estimate of drug-likeness (QED) is 0.0630. The van der Waals surface area contributed by atoms with Gasteiger partial charge < -0.3 is 39.8 Å². The summed E-state index contributed by atoms with van der Waals surface area (Å²) in [4.78, 5) is 40.5. The van der Waals surface area contributed by atoms with Crippen LogP contribution >= 0.6 is 0 Å². The molecule has 8 rings (SSSR count). The number of rotatable bonds is 13. The number of hydrogen-bond donors (Lipinski definition) is 6. The number of pyridine rings is 1. The molecule has 6 N–H and O–H groups in total. The van der Waals surface area contributed by atoms with Crippen molar-refractivity contribution in [2.45, 2.75) is 75.1 Å². The molecule has 290 valence electrons. The molecule has 0 saturated carbocycles. The van der Waals surface area contributed by atoms with Gasteiger partial charge in [0.15, 0.2) is 0 Å². The Morgan fingerprint density at radius 1 is 0.911 bits per heavy atom. The number of benzene rings is 4. The molecule has 0 aliphatic carbocycles. The molecule has 1 aromatic heterocycles. The first-order valence-corrected chi connectivity index (χ1v) is 19.3. The average molecular weight is 759 g/mol. The van der Waals surface area contributed by atoms with E-state index in [0.717, 1.165) is 39.6 Å². The molecule has 12 nitrogen and oxygen atoms in total. The van der Waals surface area contributed by atoms with Crippen molar-refractivity contribution in [3.8, 4) is 16.9 Å². The van der Waals surface area contributed by atoms with Crippen molar-refractivity contribution in [2.75, 3.05) is 31.3 Å². The van der Waals surface area contributed by atoms with Crippen molar-refractivity contribution < 1.29 is 33.8 Å². The van der Waals surface area contributed by atoms with Gasteiger partial charge in [-0.3, -0.25) is 14.9 Å². The van der Waals surface area contributed by atoms with E-state index in [1.54, 1.807) is 12.1 Å². The lowest BCUT2D eigenvalue weighted by Gasteiger charge is -2.45. The maximum atomic E-state index is 13.3. The molecule has 1 unspecified atom stereocenters. The van der Waals surface area contributed by atoms with Gasteiger partial charge in [0.25, 0.3) is 0 Å². The second-order valence-corrected chi connectivity index (χ2v) is 15.7. The Hall–Kier alpha value is -5.53. The zero-order chi connectivity index (χ0) is 39.0. The van der Waals surface area contributed by atoms with E-state index in [2.05, 4.69) is 35.0 Å². The number of aliphatic hydroxyl groups is 1. The standard InChI is InChI=1S/C44H47N5O7/c1-49(2)35-22-30(23-36(49)43-42(35)56-43)55-44(54)47-34-21-26(13-16-31(34)28-8-4-3-5-9-28)7-6-10-39(52)46-29-14-11-27(12-15-29)24-45-25-38(51)32-17-19-37(50)41-33(32)18-20-40(53)48-41/h3-5,8-9,11-21,30,35-36,38,42-43,45,51H,6-7,10,22-25H2,1-2H3,(H3-,46,47,48,50,52,53,54)/p+1/t30?,35-,36+,38-,42-,43+/m0/s1. The van der Waals surface area contributed by atoms with Crippen LogP contribution in [0.3, 0.4) is 0 Å². The summed E-state index contributed by atoms with van der Waals surface area (Å²) < 4.78 is 12.8. The van der Waals surface area contributed by atoms with Crippen molar-refractivity contribution in [3.63, 3.8) is 0 Å². The van der Waals surface area contributed by atoms with Crippen LogP contribution in [0.1, 0.15) is 48.5 Å². The summed E-state index contributed by atoms with van der Waals surface area (Å²) in [5, 5.41) is 30.8. The minimum atomic E-state index is -0.862. The van der Waals surface area contributed by atoms with Crippen LogP contribution in [-0.2, 0) is 27.2 Å². The highest BCUT2D eigenvalue weighted by molar-refractivity contribution is 5.92. The van der Waals surface area contributed by atoms with E-state index in [-0.39, 0.29) is 42.1 Å². The van der Waals surface area contributed by atoms with Crippen molar-refractivity contribution in [1.82, 2.24) is 10.3 Å². The summed E-state index contributed by atoms with van der Waals surface area (Å²) in [6.07, 6.45) is 2.32. The Morgan fingerprint density at radius 3 is 2.39 bits per heavy atom. The van der Waals surface area contributed by atoms with Crippen LogP contribution in [0.25, 0.3) is 22.0 Å². The number of hydrogen-bond acceptors (Lipinski definition) is 8. The van der Waals surface area contributed by atoms with E-state index in [1.165, 1.54) is 12.1 Å². The van der Waals surface area contributed by atoms with Gasteiger partial charge in [0.05, 0.1) is 31.4 Å². The molecule has 6 atom stereocenters. The maximum absolute atomic E-state index is 13.3. The number of aromatic amines is 1. The van der Waals surface area contributed by atoms with Gasteiger partial charge in [0.2, 0.25) is 11.5 Å². The highest BCUT2D eigenvalue weighted by Crippen LogP contribution is 2.51.